The number of carbonyl (C=O) groups is 2. The van der Waals surface area contributed by atoms with E-state index in [1.165, 1.54) is 45.6 Å². The summed E-state index contributed by atoms with van der Waals surface area (Å²) in [5, 5.41) is 21.6. The summed E-state index contributed by atoms with van der Waals surface area (Å²) in [5.41, 5.74) is 1.20. The highest BCUT2D eigenvalue weighted by atomic mass is 79.9. The molecule has 160 valence electrons. The van der Waals surface area contributed by atoms with Crippen LogP contribution < -0.4 is 14.8 Å². The van der Waals surface area contributed by atoms with Gasteiger partial charge in [0.1, 0.15) is 6.04 Å². The van der Waals surface area contributed by atoms with E-state index in [9.17, 15) is 19.8 Å². The van der Waals surface area contributed by atoms with Crippen molar-refractivity contribution in [2.24, 2.45) is 0 Å². The van der Waals surface area contributed by atoms with E-state index in [0.29, 0.717) is 27.1 Å². The van der Waals surface area contributed by atoms with Gasteiger partial charge >= 0.3 is 5.97 Å². The average Bonchev–Trinajstić information content (AvgIpc) is 2.74. The van der Waals surface area contributed by atoms with Gasteiger partial charge in [-0.1, -0.05) is 22.0 Å². The maximum atomic E-state index is 12.4. The van der Waals surface area contributed by atoms with Crippen LogP contribution in [-0.4, -0.2) is 49.5 Å². The third-order valence-electron chi connectivity index (χ3n) is 4.20. The number of hydrogen-bond acceptors (Lipinski definition) is 7. The zero-order chi connectivity index (χ0) is 22.3. The zero-order valence-electron chi connectivity index (χ0n) is 16.6. The van der Waals surface area contributed by atoms with E-state index < -0.39 is 17.9 Å². The Morgan fingerprint density at radius 2 is 1.73 bits per heavy atom. The average molecular weight is 480 g/mol. The molecule has 30 heavy (non-hydrogen) atoms. The van der Waals surface area contributed by atoms with E-state index in [0.717, 1.165) is 0 Å². The number of methoxy groups -OCH3 is 3. The summed E-state index contributed by atoms with van der Waals surface area (Å²) in [6.07, 6.45) is 2.90. The molecule has 2 aromatic carbocycles. The summed E-state index contributed by atoms with van der Waals surface area (Å²) in [5.74, 6) is -0.720. The number of benzene rings is 2. The Morgan fingerprint density at radius 1 is 1.07 bits per heavy atom. The number of amides is 1. The zero-order valence-corrected chi connectivity index (χ0v) is 18.2. The highest BCUT2D eigenvalue weighted by molar-refractivity contribution is 9.10. The van der Waals surface area contributed by atoms with Crippen molar-refractivity contribution in [3.63, 3.8) is 0 Å². The molecular formula is C21H22BrNO7. The number of halogens is 1. The first kappa shape index (κ1) is 23.1. The van der Waals surface area contributed by atoms with E-state index in [-0.39, 0.29) is 17.9 Å². The Balaban J connectivity index is 2.16. The minimum Gasteiger partial charge on any atom is -0.504 e. The predicted octanol–water partition coefficient (Wildman–Crippen LogP) is 2.79. The van der Waals surface area contributed by atoms with Gasteiger partial charge in [0.05, 0.1) is 21.3 Å². The van der Waals surface area contributed by atoms with Crippen LogP contribution in [0.25, 0.3) is 6.08 Å². The van der Waals surface area contributed by atoms with Gasteiger partial charge in [-0.25, -0.2) is 4.79 Å². The number of phenols is 2. The first-order valence-electron chi connectivity index (χ1n) is 8.77. The van der Waals surface area contributed by atoms with Crippen molar-refractivity contribution in [2.75, 3.05) is 21.3 Å². The standard InChI is InChI=1S/C21H22BrNO7/c1-28-18-10-13(14(22)11-19(18)29-2)5-7-20(26)23-15(21(27)30-3)8-12-4-6-16(24)17(25)9-12/h4-7,9-11,15,24-25H,8H2,1-3H3,(H,23,26). The molecule has 0 saturated heterocycles. The lowest BCUT2D eigenvalue weighted by Gasteiger charge is -2.16. The Morgan fingerprint density at radius 3 is 2.33 bits per heavy atom. The SMILES string of the molecule is COC(=O)C(Cc1ccc(O)c(O)c1)NC(=O)C=Cc1cc(OC)c(OC)cc1Br. The molecule has 2 aromatic rings. The maximum Gasteiger partial charge on any atom is 0.328 e. The second kappa shape index (κ2) is 10.5. The minimum absolute atomic E-state index is 0.0696. The number of aromatic hydroxyl groups is 2. The van der Waals surface area contributed by atoms with Crippen LogP contribution in [0.4, 0.5) is 0 Å². The number of phenolic OH excluding ortho intramolecular Hbond substituents is 2. The van der Waals surface area contributed by atoms with Gasteiger partial charge in [-0.3, -0.25) is 4.79 Å². The van der Waals surface area contributed by atoms with Crippen LogP contribution >= 0.6 is 15.9 Å². The lowest BCUT2D eigenvalue weighted by atomic mass is 10.1. The molecule has 0 bridgehead atoms. The van der Waals surface area contributed by atoms with Crippen molar-refractivity contribution in [1.82, 2.24) is 5.32 Å². The molecule has 0 aromatic heterocycles. The molecule has 1 unspecified atom stereocenters. The molecule has 0 saturated carbocycles. The molecule has 0 aliphatic carbocycles. The number of esters is 1. The highest BCUT2D eigenvalue weighted by Gasteiger charge is 2.21. The minimum atomic E-state index is -0.982. The molecule has 9 heteroatoms. The van der Waals surface area contributed by atoms with Gasteiger partial charge in [-0.15, -0.1) is 0 Å². The molecule has 1 amide bonds. The van der Waals surface area contributed by atoms with Crippen molar-refractivity contribution in [1.29, 1.82) is 0 Å². The van der Waals surface area contributed by atoms with E-state index >= 15 is 0 Å². The van der Waals surface area contributed by atoms with Crippen LogP contribution in [0.15, 0.2) is 40.9 Å². The summed E-state index contributed by atoms with van der Waals surface area (Å²) in [7, 11) is 4.24. The first-order chi connectivity index (χ1) is 14.3. The smallest absolute Gasteiger partial charge is 0.328 e. The quantitative estimate of drug-likeness (QED) is 0.303. The van der Waals surface area contributed by atoms with Crippen molar-refractivity contribution in [3.8, 4) is 23.0 Å². The Bertz CT molecular complexity index is 959. The first-order valence-corrected chi connectivity index (χ1v) is 9.57. The molecule has 0 fully saturated rings. The summed E-state index contributed by atoms with van der Waals surface area (Å²) in [6, 6.07) is 6.58. The number of rotatable bonds is 8. The summed E-state index contributed by atoms with van der Waals surface area (Å²) < 4.78 is 15.9. The van der Waals surface area contributed by atoms with Crippen LogP contribution in [0.3, 0.4) is 0 Å². The van der Waals surface area contributed by atoms with Crippen LogP contribution in [0, 0.1) is 0 Å². The van der Waals surface area contributed by atoms with Crippen LogP contribution in [-0.2, 0) is 20.7 Å². The van der Waals surface area contributed by atoms with Gasteiger partial charge in [0.25, 0.3) is 0 Å². The van der Waals surface area contributed by atoms with Gasteiger partial charge in [-0.2, -0.15) is 0 Å². The van der Waals surface area contributed by atoms with E-state index in [1.807, 2.05) is 0 Å². The Labute approximate surface area is 182 Å². The fourth-order valence-electron chi connectivity index (χ4n) is 2.65. The van der Waals surface area contributed by atoms with Crippen molar-refractivity contribution < 1.29 is 34.0 Å². The molecular weight excluding hydrogens is 458 g/mol. The van der Waals surface area contributed by atoms with Crippen LogP contribution in [0.5, 0.6) is 23.0 Å². The fraction of sp³-hybridized carbons (Fsp3) is 0.238. The monoisotopic (exact) mass is 479 g/mol. The number of carbonyl (C=O) groups excluding carboxylic acids is 2. The van der Waals surface area contributed by atoms with Gasteiger partial charge in [-0.05, 0) is 41.5 Å². The third-order valence-corrected chi connectivity index (χ3v) is 4.89. The van der Waals surface area contributed by atoms with Crippen LogP contribution in [0.1, 0.15) is 11.1 Å². The topological polar surface area (TPSA) is 114 Å². The lowest BCUT2D eigenvalue weighted by molar-refractivity contribution is -0.144. The maximum absolute atomic E-state index is 12.4. The van der Waals surface area contributed by atoms with Gasteiger partial charge in [0.15, 0.2) is 23.0 Å². The molecule has 2 rings (SSSR count). The molecule has 1 atom stereocenters. The Hall–Kier alpha value is -3.20. The van der Waals surface area contributed by atoms with E-state index in [2.05, 4.69) is 21.2 Å². The fourth-order valence-corrected chi connectivity index (χ4v) is 3.10. The summed E-state index contributed by atoms with van der Waals surface area (Å²) >= 11 is 3.41. The molecule has 0 heterocycles. The van der Waals surface area contributed by atoms with Crippen molar-refractivity contribution in [2.45, 2.75) is 12.5 Å². The van der Waals surface area contributed by atoms with E-state index in [4.69, 9.17) is 14.2 Å². The highest BCUT2D eigenvalue weighted by Crippen LogP contribution is 2.33. The lowest BCUT2D eigenvalue weighted by Crippen LogP contribution is -2.42. The molecule has 0 radical (unpaired) electrons. The Kier molecular flexibility index (Phi) is 8.11. The van der Waals surface area contributed by atoms with Gasteiger partial charge in [0, 0.05) is 17.0 Å². The second-order valence-electron chi connectivity index (χ2n) is 6.17. The summed E-state index contributed by atoms with van der Waals surface area (Å²) in [6.45, 7) is 0. The molecule has 3 N–H and O–H groups in total. The van der Waals surface area contributed by atoms with E-state index in [1.54, 1.807) is 18.2 Å². The normalized spacial score (nSPS) is 11.7. The molecule has 0 spiro atoms. The molecule has 0 aliphatic heterocycles. The number of nitrogens with one attached hydrogen (secondary N) is 1. The number of hydrogen-bond donors (Lipinski definition) is 3. The third kappa shape index (κ3) is 5.90. The summed E-state index contributed by atoms with van der Waals surface area (Å²) in [4.78, 5) is 24.5. The second-order valence-corrected chi connectivity index (χ2v) is 7.03. The van der Waals surface area contributed by atoms with Gasteiger partial charge in [0.2, 0.25) is 5.91 Å². The van der Waals surface area contributed by atoms with Crippen molar-refractivity contribution >= 4 is 33.9 Å². The van der Waals surface area contributed by atoms with Crippen LogP contribution in [0.2, 0.25) is 0 Å². The number of ether oxygens (including phenoxy) is 3. The predicted molar refractivity (Wildman–Crippen MR) is 114 cm³/mol. The van der Waals surface area contributed by atoms with Crippen molar-refractivity contribution in [3.05, 3.63) is 52.0 Å². The van der Waals surface area contributed by atoms with Gasteiger partial charge < -0.3 is 29.7 Å². The largest absolute Gasteiger partial charge is 0.504 e. The molecule has 0 aliphatic rings. The molecule has 8 nitrogen and oxygen atoms in total.